The van der Waals surface area contributed by atoms with Crippen LogP contribution in [0.3, 0.4) is 0 Å². The van der Waals surface area contributed by atoms with Crippen molar-refractivity contribution in [3.8, 4) is 0 Å². The van der Waals surface area contributed by atoms with Gasteiger partial charge in [-0.2, -0.15) is 0 Å². The summed E-state index contributed by atoms with van der Waals surface area (Å²) in [5.74, 6) is -0.0594. The second-order valence-electron chi connectivity index (χ2n) is 2.98. The summed E-state index contributed by atoms with van der Waals surface area (Å²) in [6, 6.07) is 4.36. The molecule has 1 N–H and O–H groups in total. The Morgan fingerprint density at radius 1 is 1.19 bits per heavy atom. The molecule has 16 heavy (non-hydrogen) atoms. The van der Waals surface area contributed by atoms with E-state index in [4.69, 9.17) is 23.2 Å². The zero-order valence-corrected chi connectivity index (χ0v) is 9.43. The number of nitrogens with one attached hydrogen (secondary N) is 1. The normalized spacial score (nSPS) is 10.2. The van der Waals surface area contributed by atoms with Gasteiger partial charge in [0.15, 0.2) is 5.82 Å². The van der Waals surface area contributed by atoms with E-state index in [9.17, 15) is 4.39 Å². The molecule has 0 saturated heterocycles. The molecule has 0 bridgehead atoms. The maximum atomic E-state index is 13.1. The van der Waals surface area contributed by atoms with E-state index >= 15 is 0 Å². The van der Waals surface area contributed by atoms with Gasteiger partial charge in [-0.3, -0.25) is 4.98 Å². The molecule has 0 saturated carbocycles. The highest BCUT2D eigenvalue weighted by Crippen LogP contribution is 2.21. The summed E-state index contributed by atoms with van der Waals surface area (Å²) < 4.78 is 13.1. The van der Waals surface area contributed by atoms with Crippen molar-refractivity contribution in [1.29, 1.82) is 0 Å². The van der Waals surface area contributed by atoms with Crippen LogP contribution in [0.4, 0.5) is 15.9 Å². The van der Waals surface area contributed by atoms with E-state index in [0.29, 0.717) is 11.5 Å². The first-order chi connectivity index (χ1) is 7.65. The van der Waals surface area contributed by atoms with Gasteiger partial charge in [-0.05, 0) is 18.2 Å². The van der Waals surface area contributed by atoms with Crippen molar-refractivity contribution < 1.29 is 4.39 Å². The van der Waals surface area contributed by atoms with E-state index in [2.05, 4.69) is 15.3 Å². The van der Waals surface area contributed by atoms with E-state index in [1.807, 2.05) is 0 Å². The van der Waals surface area contributed by atoms with Crippen LogP contribution in [0, 0.1) is 5.82 Å². The summed E-state index contributed by atoms with van der Waals surface area (Å²) >= 11 is 11.2. The minimum Gasteiger partial charge on any atom is -0.339 e. The van der Waals surface area contributed by atoms with Crippen molar-refractivity contribution in [1.82, 2.24) is 9.97 Å². The van der Waals surface area contributed by atoms with Crippen LogP contribution >= 0.6 is 23.2 Å². The van der Waals surface area contributed by atoms with Crippen molar-refractivity contribution in [2.45, 2.75) is 0 Å². The van der Waals surface area contributed by atoms with Crippen LogP contribution in [0.2, 0.25) is 10.2 Å². The predicted molar refractivity (Wildman–Crippen MR) is 61.7 cm³/mol. The Morgan fingerprint density at radius 2 is 2.00 bits per heavy atom. The molecule has 2 aromatic rings. The predicted octanol–water partition coefficient (Wildman–Crippen LogP) is 3.67. The topological polar surface area (TPSA) is 37.8 Å². The summed E-state index contributed by atoms with van der Waals surface area (Å²) in [7, 11) is 0. The second-order valence-corrected chi connectivity index (χ2v) is 3.78. The van der Waals surface area contributed by atoms with Crippen molar-refractivity contribution in [2.24, 2.45) is 0 Å². The van der Waals surface area contributed by atoms with E-state index < -0.39 is 5.82 Å². The summed E-state index contributed by atoms with van der Waals surface area (Å²) in [4.78, 5) is 7.80. The van der Waals surface area contributed by atoms with Crippen molar-refractivity contribution >= 4 is 34.7 Å². The fraction of sp³-hybridized carbons (Fsp3) is 0. The number of aromatic nitrogens is 2. The van der Waals surface area contributed by atoms with E-state index in [-0.39, 0.29) is 10.2 Å². The molecular weight excluding hydrogens is 252 g/mol. The highest BCUT2D eigenvalue weighted by atomic mass is 35.5. The van der Waals surface area contributed by atoms with Gasteiger partial charge in [-0.25, -0.2) is 9.37 Å². The minimum atomic E-state index is -0.498. The molecule has 0 atom stereocenters. The van der Waals surface area contributed by atoms with Gasteiger partial charge in [0.1, 0.15) is 11.0 Å². The van der Waals surface area contributed by atoms with Crippen LogP contribution in [-0.2, 0) is 0 Å². The molecule has 6 heteroatoms. The quantitative estimate of drug-likeness (QED) is 0.893. The third kappa shape index (κ3) is 2.59. The largest absolute Gasteiger partial charge is 0.339 e. The number of rotatable bonds is 2. The molecule has 3 nitrogen and oxygen atoms in total. The zero-order chi connectivity index (χ0) is 11.5. The highest BCUT2D eigenvalue weighted by molar-refractivity contribution is 6.30. The molecule has 0 fully saturated rings. The van der Waals surface area contributed by atoms with Crippen LogP contribution < -0.4 is 5.32 Å². The van der Waals surface area contributed by atoms with Gasteiger partial charge < -0.3 is 5.32 Å². The van der Waals surface area contributed by atoms with Gasteiger partial charge in [0.2, 0.25) is 0 Å². The van der Waals surface area contributed by atoms with Crippen LogP contribution in [0.15, 0.2) is 30.6 Å². The smallest absolute Gasteiger partial charge is 0.150 e. The molecule has 0 radical (unpaired) electrons. The van der Waals surface area contributed by atoms with E-state index in [1.165, 1.54) is 24.5 Å². The molecule has 0 aliphatic carbocycles. The number of hydrogen-bond donors (Lipinski definition) is 1. The van der Waals surface area contributed by atoms with Gasteiger partial charge in [-0.15, -0.1) is 0 Å². The standard InChI is InChI=1S/C10H6Cl2FN3/c11-7-2-1-6(3-8(7)13)15-10-5-14-4-9(12)16-10/h1-5H,(H,15,16). The molecule has 0 spiro atoms. The Bertz CT molecular complexity index is 519. The number of hydrogen-bond acceptors (Lipinski definition) is 3. The third-order valence-electron chi connectivity index (χ3n) is 1.80. The molecule has 0 aliphatic rings. The Kier molecular flexibility index (Phi) is 3.22. The van der Waals surface area contributed by atoms with Crippen molar-refractivity contribution in [2.75, 3.05) is 5.32 Å². The zero-order valence-electron chi connectivity index (χ0n) is 7.92. The van der Waals surface area contributed by atoms with Crippen LogP contribution in [0.1, 0.15) is 0 Å². The van der Waals surface area contributed by atoms with Gasteiger partial charge in [0, 0.05) is 5.69 Å². The average Bonchev–Trinajstić information content (AvgIpc) is 2.24. The molecule has 1 aromatic carbocycles. The van der Waals surface area contributed by atoms with Gasteiger partial charge in [0.25, 0.3) is 0 Å². The lowest BCUT2D eigenvalue weighted by Gasteiger charge is -2.05. The fourth-order valence-electron chi connectivity index (χ4n) is 1.12. The first-order valence-electron chi connectivity index (χ1n) is 4.35. The molecule has 1 aromatic heterocycles. The first kappa shape index (κ1) is 11.1. The lowest BCUT2D eigenvalue weighted by atomic mass is 10.3. The van der Waals surface area contributed by atoms with Gasteiger partial charge >= 0.3 is 0 Å². The van der Waals surface area contributed by atoms with Gasteiger partial charge in [0.05, 0.1) is 17.4 Å². The van der Waals surface area contributed by atoms with Crippen LogP contribution in [0.25, 0.3) is 0 Å². The molecule has 0 amide bonds. The summed E-state index contributed by atoms with van der Waals surface area (Å²) in [6.45, 7) is 0. The van der Waals surface area contributed by atoms with Crippen molar-refractivity contribution in [3.63, 3.8) is 0 Å². The summed E-state index contributed by atoms with van der Waals surface area (Å²) in [5.41, 5.74) is 0.526. The monoisotopic (exact) mass is 257 g/mol. The Balaban J connectivity index is 2.24. The fourth-order valence-corrected chi connectivity index (χ4v) is 1.39. The minimum absolute atomic E-state index is 0.0720. The lowest BCUT2D eigenvalue weighted by Crippen LogP contribution is -1.95. The van der Waals surface area contributed by atoms with Crippen LogP contribution in [-0.4, -0.2) is 9.97 Å². The van der Waals surface area contributed by atoms with Gasteiger partial charge in [-0.1, -0.05) is 23.2 Å². The number of nitrogens with zero attached hydrogens (tertiary/aromatic N) is 2. The SMILES string of the molecule is Fc1cc(Nc2cncc(Cl)n2)ccc1Cl. The maximum absolute atomic E-state index is 13.1. The Morgan fingerprint density at radius 3 is 2.69 bits per heavy atom. The summed E-state index contributed by atoms with van der Waals surface area (Å²) in [6.07, 6.45) is 2.90. The average molecular weight is 258 g/mol. The number of anilines is 2. The van der Waals surface area contributed by atoms with E-state index in [1.54, 1.807) is 6.07 Å². The molecule has 0 unspecified atom stereocenters. The molecular formula is C10H6Cl2FN3. The first-order valence-corrected chi connectivity index (χ1v) is 5.10. The number of benzene rings is 1. The second kappa shape index (κ2) is 4.63. The Labute approximate surface area is 101 Å². The molecule has 0 aliphatic heterocycles. The Hall–Kier alpha value is -1.39. The maximum Gasteiger partial charge on any atom is 0.150 e. The lowest BCUT2D eigenvalue weighted by molar-refractivity contribution is 0.629. The third-order valence-corrected chi connectivity index (χ3v) is 2.29. The number of halogens is 3. The highest BCUT2D eigenvalue weighted by Gasteiger charge is 2.02. The molecule has 2 rings (SSSR count). The molecule has 1 heterocycles. The summed E-state index contributed by atoms with van der Waals surface area (Å²) in [5, 5.41) is 3.19. The molecule has 82 valence electrons. The van der Waals surface area contributed by atoms with E-state index in [0.717, 1.165) is 0 Å². The van der Waals surface area contributed by atoms with Crippen LogP contribution in [0.5, 0.6) is 0 Å². The van der Waals surface area contributed by atoms with Crippen molar-refractivity contribution in [3.05, 3.63) is 46.6 Å².